The Morgan fingerprint density at radius 3 is 1.96 bits per heavy atom. The lowest BCUT2D eigenvalue weighted by Crippen LogP contribution is -2.10. The number of allylic oxidation sites excluding steroid dienone is 1. The fourth-order valence-electron chi connectivity index (χ4n) is 2.54. The van der Waals surface area contributed by atoms with Gasteiger partial charge in [-0.2, -0.15) is 0 Å². The molecule has 2 aromatic rings. The van der Waals surface area contributed by atoms with Crippen molar-refractivity contribution < 1.29 is 33.3 Å². The zero-order valence-corrected chi connectivity index (χ0v) is 16.4. The second-order valence-electron chi connectivity index (χ2n) is 5.58. The van der Waals surface area contributed by atoms with E-state index in [-0.39, 0.29) is 28.6 Å². The molecule has 0 saturated heterocycles. The van der Waals surface area contributed by atoms with Crippen LogP contribution in [-0.4, -0.2) is 40.2 Å². The van der Waals surface area contributed by atoms with Crippen molar-refractivity contribution in [2.24, 2.45) is 0 Å². The highest BCUT2D eigenvalue weighted by atomic mass is 16.6. The molecule has 0 bridgehead atoms. The maximum atomic E-state index is 12.9. The summed E-state index contributed by atoms with van der Waals surface area (Å²) in [4.78, 5) is 24.5. The molecule has 7 heteroatoms. The minimum Gasteiger partial charge on any atom is -0.497 e. The molecule has 0 heterocycles. The molecule has 148 valence electrons. The number of benzene rings is 2. The van der Waals surface area contributed by atoms with Crippen molar-refractivity contribution in [2.45, 2.75) is 6.92 Å². The zero-order valence-electron chi connectivity index (χ0n) is 16.4. The minimum atomic E-state index is -0.609. The smallest absolute Gasteiger partial charge is 0.308 e. The predicted octanol–water partition coefficient (Wildman–Crippen LogP) is 3.54. The standard InChI is InChI=1S/C21H22O7/c1-13(22)28-21-19(17(25-3)12-18(26-4)20(21)27-5)16(23)11-8-14-6-9-15(24-2)10-7-14/h6-12H,1-5H3/b11-8+. The van der Waals surface area contributed by atoms with Gasteiger partial charge in [-0.25, -0.2) is 0 Å². The number of ether oxygens (including phenoxy) is 5. The molecule has 7 nitrogen and oxygen atoms in total. The molecule has 0 spiro atoms. The summed E-state index contributed by atoms with van der Waals surface area (Å²) in [6.45, 7) is 1.23. The van der Waals surface area contributed by atoms with E-state index in [0.717, 1.165) is 5.56 Å². The van der Waals surface area contributed by atoms with Crippen molar-refractivity contribution in [1.29, 1.82) is 0 Å². The van der Waals surface area contributed by atoms with E-state index in [2.05, 4.69) is 0 Å². The van der Waals surface area contributed by atoms with Crippen LogP contribution < -0.4 is 23.7 Å². The van der Waals surface area contributed by atoms with Crippen LogP contribution in [0.1, 0.15) is 22.8 Å². The van der Waals surface area contributed by atoms with Gasteiger partial charge in [0.25, 0.3) is 0 Å². The summed E-state index contributed by atoms with van der Waals surface area (Å²) in [5.74, 6) is 0.202. The molecule has 28 heavy (non-hydrogen) atoms. The summed E-state index contributed by atoms with van der Waals surface area (Å²) in [5.41, 5.74) is 0.850. The monoisotopic (exact) mass is 386 g/mol. The first-order valence-corrected chi connectivity index (χ1v) is 8.33. The Morgan fingerprint density at radius 1 is 0.821 bits per heavy atom. The summed E-state index contributed by atoms with van der Waals surface area (Å²) in [6, 6.07) is 8.68. The number of ketones is 1. The molecule has 0 atom stereocenters. The van der Waals surface area contributed by atoms with Crippen LogP contribution in [0.4, 0.5) is 0 Å². The Balaban J connectivity index is 2.52. The van der Waals surface area contributed by atoms with Crippen molar-refractivity contribution in [3.8, 4) is 28.7 Å². The molecule has 0 aromatic heterocycles. The lowest BCUT2D eigenvalue weighted by atomic mass is 10.0. The molecule has 0 fully saturated rings. The third-order valence-electron chi connectivity index (χ3n) is 3.84. The fraction of sp³-hybridized carbons (Fsp3) is 0.238. The number of hydrogen-bond acceptors (Lipinski definition) is 7. The molecule has 0 N–H and O–H groups in total. The van der Waals surface area contributed by atoms with Crippen molar-refractivity contribution in [1.82, 2.24) is 0 Å². The number of carbonyl (C=O) groups is 2. The highest BCUT2D eigenvalue weighted by Crippen LogP contribution is 2.45. The van der Waals surface area contributed by atoms with Crippen molar-refractivity contribution in [3.05, 3.63) is 47.5 Å². The number of hydrogen-bond donors (Lipinski definition) is 0. The number of rotatable bonds is 8. The van der Waals surface area contributed by atoms with E-state index in [4.69, 9.17) is 23.7 Å². The van der Waals surface area contributed by atoms with Crippen molar-refractivity contribution >= 4 is 17.8 Å². The molecule has 0 amide bonds. The largest absolute Gasteiger partial charge is 0.497 e. The summed E-state index contributed by atoms with van der Waals surface area (Å²) >= 11 is 0. The Kier molecular flexibility index (Phi) is 7.03. The average molecular weight is 386 g/mol. The van der Waals surface area contributed by atoms with E-state index < -0.39 is 11.8 Å². The molecular weight excluding hydrogens is 364 g/mol. The zero-order chi connectivity index (χ0) is 20.7. The molecular formula is C21H22O7. The van der Waals surface area contributed by atoms with E-state index in [1.54, 1.807) is 37.5 Å². The summed E-state index contributed by atoms with van der Waals surface area (Å²) in [7, 11) is 5.80. The maximum Gasteiger partial charge on any atom is 0.308 e. The van der Waals surface area contributed by atoms with E-state index in [9.17, 15) is 9.59 Å². The third-order valence-corrected chi connectivity index (χ3v) is 3.84. The van der Waals surface area contributed by atoms with Crippen LogP contribution in [0.15, 0.2) is 36.4 Å². The molecule has 0 radical (unpaired) electrons. The number of methoxy groups -OCH3 is 4. The molecule has 0 saturated carbocycles. The number of carbonyl (C=O) groups excluding carboxylic acids is 2. The lowest BCUT2D eigenvalue weighted by Gasteiger charge is -2.17. The van der Waals surface area contributed by atoms with Gasteiger partial charge in [0, 0.05) is 13.0 Å². The second-order valence-corrected chi connectivity index (χ2v) is 5.58. The van der Waals surface area contributed by atoms with Crippen LogP contribution in [0.25, 0.3) is 6.08 Å². The third kappa shape index (κ3) is 4.62. The van der Waals surface area contributed by atoms with Crippen LogP contribution >= 0.6 is 0 Å². The molecule has 2 aromatic carbocycles. The van der Waals surface area contributed by atoms with Gasteiger partial charge in [0.15, 0.2) is 17.3 Å². The summed E-state index contributed by atoms with van der Waals surface area (Å²) < 4.78 is 26.2. The van der Waals surface area contributed by atoms with Gasteiger partial charge in [0.2, 0.25) is 5.75 Å². The van der Waals surface area contributed by atoms with E-state index in [1.165, 1.54) is 40.4 Å². The van der Waals surface area contributed by atoms with Gasteiger partial charge in [-0.15, -0.1) is 0 Å². The van der Waals surface area contributed by atoms with Crippen LogP contribution in [0.5, 0.6) is 28.7 Å². The van der Waals surface area contributed by atoms with E-state index in [1.807, 2.05) is 0 Å². The molecule has 2 rings (SSSR count). The van der Waals surface area contributed by atoms with Gasteiger partial charge in [-0.1, -0.05) is 18.2 Å². The topological polar surface area (TPSA) is 80.3 Å². The molecule has 0 aliphatic heterocycles. The average Bonchev–Trinajstić information content (AvgIpc) is 2.70. The first-order chi connectivity index (χ1) is 13.4. The van der Waals surface area contributed by atoms with Crippen LogP contribution in [0.3, 0.4) is 0 Å². The molecule has 0 unspecified atom stereocenters. The lowest BCUT2D eigenvalue weighted by molar-refractivity contribution is -0.132. The number of esters is 1. The maximum absolute atomic E-state index is 12.9. The van der Waals surface area contributed by atoms with Gasteiger partial charge in [-0.05, 0) is 23.8 Å². The van der Waals surface area contributed by atoms with Gasteiger partial charge >= 0.3 is 5.97 Å². The van der Waals surface area contributed by atoms with Crippen LogP contribution in [0.2, 0.25) is 0 Å². The Hall–Kier alpha value is -3.48. The summed E-state index contributed by atoms with van der Waals surface area (Å²) in [5, 5.41) is 0. The van der Waals surface area contributed by atoms with Gasteiger partial charge in [0.1, 0.15) is 17.1 Å². The minimum absolute atomic E-state index is 0.0557. The Labute approximate surface area is 163 Å². The van der Waals surface area contributed by atoms with Gasteiger partial charge in [0.05, 0.1) is 28.4 Å². The fourth-order valence-corrected chi connectivity index (χ4v) is 2.54. The van der Waals surface area contributed by atoms with Crippen LogP contribution in [-0.2, 0) is 4.79 Å². The molecule has 0 aliphatic carbocycles. The van der Waals surface area contributed by atoms with Crippen molar-refractivity contribution in [2.75, 3.05) is 28.4 Å². The van der Waals surface area contributed by atoms with E-state index >= 15 is 0 Å². The highest BCUT2D eigenvalue weighted by Gasteiger charge is 2.26. The van der Waals surface area contributed by atoms with Crippen LogP contribution in [0, 0.1) is 0 Å². The van der Waals surface area contributed by atoms with Gasteiger partial charge in [-0.3, -0.25) is 9.59 Å². The van der Waals surface area contributed by atoms with Gasteiger partial charge < -0.3 is 23.7 Å². The normalized spacial score (nSPS) is 10.5. The Morgan fingerprint density at radius 2 is 1.46 bits per heavy atom. The highest BCUT2D eigenvalue weighted by molar-refractivity contribution is 6.11. The first-order valence-electron chi connectivity index (χ1n) is 8.33. The molecule has 0 aliphatic rings. The SMILES string of the molecule is COc1ccc(/C=C/C(=O)c2c(OC)cc(OC)c(OC)c2OC(C)=O)cc1. The summed E-state index contributed by atoms with van der Waals surface area (Å²) in [6.07, 6.45) is 2.99. The first kappa shape index (κ1) is 20.8. The van der Waals surface area contributed by atoms with Crippen molar-refractivity contribution in [3.63, 3.8) is 0 Å². The van der Waals surface area contributed by atoms with E-state index in [0.29, 0.717) is 5.75 Å². The quantitative estimate of drug-likeness (QED) is 0.297. The Bertz CT molecular complexity index is 883. The predicted molar refractivity (Wildman–Crippen MR) is 104 cm³/mol. The second kappa shape index (κ2) is 9.45.